The fraction of sp³-hybridized carbons (Fsp3) is 0.462. The summed E-state index contributed by atoms with van der Waals surface area (Å²) in [4.78, 5) is 11.1. The highest BCUT2D eigenvalue weighted by molar-refractivity contribution is 6.31. The molecular formula is C13H17ClN2O. The van der Waals surface area contributed by atoms with Gasteiger partial charge in [0.25, 0.3) is 0 Å². The summed E-state index contributed by atoms with van der Waals surface area (Å²) in [5.74, 6) is 0.567. The van der Waals surface area contributed by atoms with Crippen molar-refractivity contribution in [1.29, 1.82) is 0 Å². The van der Waals surface area contributed by atoms with E-state index in [0.29, 0.717) is 18.5 Å². The van der Waals surface area contributed by atoms with Gasteiger partial charge in [0.05, 0.1) is 6.54 Å². The van der Waals surface area contributed by atoms with Crippen molar-refractivity contribution >= 4 is 17.5 Å². The summed E-state index contributed by atoms with van der Waals surface area (Å²) in [6.45, 7) is 0.399. The van der Waals surface area contributed by atoms with Crippen LogP contribution in [0.3, 0.4) is 0 Å². The summed E-state index contributed by atoms with van der Waals surface area (Å²) in [6.07, 6.45) is 2.11. The summed E-state index contributed by atoms with van der Waals surface area (Å²) in [5, 5.41) is 6.68. The number of benzene rings is 1. The number of nitrogens with one attached hydrogen (secondary N) is 2. The Morgan fingerprint density at radius 1 is 1.41 bits per heavy atom. The van der Waals surface area contributed by atoms with Crippen LogP contribution in [0.2, 0.25) is 5.02 Å². The van der Waals surface area contributed by atoms with E-state index in [-0.39, 0.29) is 5.91 Å². The first-order chi connectivity index (χ1) is 8.20. The van der Waals surface area contributed by atoms with E-state index in [2.05, 4.69) is 16.7 Å². The lowest BCUT2D eigenvalue weighted by atomic mass is 9.76. The first-order valence-electron chi connectivity index (χ1n) is 5.89. The zero-order valence-corrected chi connectivity index (χ0v) is 10.6. The second-order valence-electron chi connectivity index (χ2n) is 4.44. The standard InChI is InChI=1S/C13H17ClN2O/c1-15-13(17)8-16-10-6-9(7-10)11-4-2-3-5-12(11)14/h2-5,9-10,16H,6-8H2,1H3,(H,15,17). The topological polar surface area (TPSA) is 41.1 Å². The summed E-state index contributed by atoms with van der Waals surface area (Å²) >= 11 is 6.14. The molecule has 1 aromatic carbocycles. The summed E-state index contributed by atoms with van der Waals surface area (Å²) < 4.78 is 0. The summed E-state index contributed by atoms with van der Waals surface area (Å²) in [5.41, 5.74) is 1.23. The van der Waals surface area contributed by atoms with Crippen LogP contribution in [0.25, 0.3) is 0 Å². The monoisotopic (exact) mass is 252 g/mol. The number of rotatable bonds is 4. The number of hydrogen-bond acceptors (Lipinski definition) is 2. The van der Waals surface area contributed by atoms with Crippen LogP contribution < -0.4 is 10.6 Å². The molecule has 1 saturated carbocycles. The van der Waals surface area contributed by atoms with E-state index in [1.807, 2.05) is 18.2 Å². The van der Waals surface area contributed by atoms with Crippen molar-refractivity contribution in [1.82, 2.24) is 10.6 Å². The molecule has 0 heterocycles. The van der Waals surface area contributed by atoms with Crippen LogP contribution in [0.5, 0.6) is 0 Å². The van der Waals surface area contributed by atoms with Crippen LogP contribution >= 0.6 is 11.6 Å². The molecule has 0 aliphatic heterocycles. The molecule has 2 rings (SSSR count). The van der Waals surface area contributed by atoms with Crippen LogP contribution in [0.4, 0.5) is 0 Å². The van der Waals surface area contributed by atoms with Gasteiger partial charge in [-0.15, -0.1) is 0 Å². The molecule has 1 amide bonds. The highest BCUT2D eigenvalue weighted by atomic mass is 35.5. The van der Waals surface area contributed by atoms with Gasteiger partial charge in [0, 0.05) is 18.1 Å². The molecule has 1 aromatic rings. The van der Waals surface area contributed by atoms with Crippen LogP contribution in [-0.2, 0) is 4.79 Å². The van der Waals surface area contributed by atoms with Crippen LogP contribution in [0.15, 0.2) is 24.3 Å². The van der Waals surface area contributed by atoms with Crippen molar-refractivity contribution in [2.24, 2.45) is 0 Å². The van der Waals surface area contributed by atoms with Crippen molar-refractivity contribution in [3.63, 3.8) is 0 Å². The second kappa shape index (κ2) is 5.52. The lowest BCUT2D eigenvalue weighted by molar-refractivity contribution is -0.120. The van der Waals surface area contributed by atoms with Crippen LogP contribution in [0.1, 0.15) is 24.3 Å². The maximum Gasteiger partial charge on any atom is 0.233 e. The quantitative estimate of drug-likeness (QED) is 0.860. The normalized spacial score (nSPS) is 22.9. The number of likely N-dealkylation sites (N-methyl/N-ethyl adjacent to an activating group) is 1. The number of carbonyl (C=O) groups is 1. The minimum atomic E-state index is 0.0335. The average Bonchev–Trinajstić information content (AvgIpc) is 2.28. The van der Waals surface area contributed by atoms with Gasteiger partial charge in [-0.1, -0.05) is 29.8 Å². The highest BCUT2D eigenvalue weighted by Crippen LogP contribution is 2.39. The summed E-state index contributed by atoms with van der Waals surface area (Å²) in [7, 11) is 1.65. The Bertz CT molecular complexity index is 402. The predicted molar refractivity (Wildman–Crippen MR) is 69.3 cm³/mol. The maximum atomic E-state index is 11.1. The average molecular weight is 253 g/mol. The van der Waals surface area contributed by atoms with Crippen molar-refractivity contribution < 1.29 is 4.79 Å². The molecular weight excluding hydrogens is 236 g/mol. The molecule has 0 unspecified atom stereocenters. The largest absolute Gasteiger partial charge is 0.358 e. The van der Waals surface area contributed by atoms with Gasteiger partial charge in [-0.3, -0.25) is 4.79 Å². The van der Waals surface area contributed by atoms with Gasteiger partial charge in [0.2, 0.25) is 5.91 Å². The molecule has 0 atom stereocenters. The molecule has 0 aromatic heterocycles. The van der Waals surface area contributed by atoms with E-state index in [4.69, 9.17) is 11.6 Å². The Morgan fingerprint density at radius 3 is 2.76 bits per heavy atom. The first kappa shape index (κ1) is 12.4. The first-order valence-corrected chi connectivity index (χ1v) is 6.27. The smallest absolute Gasteiger partial charge is 0.233 e. The van der Waals surface area contributed by atoms with Crippen LogP contribution in [-0.4, -0.2) is 25.5 Å². The van der Waals surface area contributed by atoms with Crippen molar-refractivity contribution in [2.45, 2.75) is 24.8 Å². The Hall–Kier alpha value is -1.06. The van der Waals surface area contributed by atoms with Crippen molar-refractivity contribution in [2.75, 3.05) is 13.6 Å². The Labute approximate surface area is 107 Å². The number of carbonyl (C=O) groups excluding carboxylic acids is 1. The molecule has 0 spiro atoms. The van der Waals surface area contributed by atoms with Gasteiger partial charge >= 0.3 is 0 Å². The van der Waals surface area contributed by atoms with Crippen LogP contribution in [0, 0.1) is 0 Å². The van der Waals surface area contributed by atoms with Crippen molar-refractivity contribution in [3.8, 4) is 0 Å². The van der Waals surface area contributed by atoms with E-state index in [1.54, 1.807) is 7.05 Å². The molecule has 1 aliphatic carbocycles. The van der Waals surface area contributed by atoms with Gasteiger partial charge in [0.1, 0.15) is 0 Å². The Morgan fingerprint density at radius 2 is 2.12 bits per heavy atom. The maximum absolute atomic E-state index is 11.1. The molecule has 17 heavy (non-hydrogen) atoms. The molecule has 4 heteroatoms. The molecule has 0 saturated heterocycles. The van der Waals surface area contributed by atoms with Gasteiger partial charge in [-0.25, -0.2) is 0 Å². The molecule has 0 bridgehead atoms. The van der Waals surface area contributed by atoms with Gasteiger partial charge < -0.3 is 10.6 Å². The van der Waals surface area contributed by atoms with Gasteiger partial charge in [-0.2, -0.15) is 0 Å². The van der Waals surface area contributed by atoms with E-state index >= 15 is 0 Å². The van der Waals surface area contributed by atoms with Crippen molar-refractivity contribution in [3.05, 3.63) is 34.9 Å². The molecule has 1 fully saturated rings. The van der Waals surface area contributed by atoms with E-state index in [1.165, 1.54) is 5.56 Å². The van der Waals surface area contributed by atoms with E-state index < -0.39 is 0 Å². The third-order valence-corrected chi connectivity index (χ3v) is 3.66. The highest BCUT2D eigenvalue weighted by Gasteiger charge is 2.31. The zero-order chi connectivity index (χ0) is 12.3. The lowest BCUT2D eigenvalue weighted by Crippen LogP contribution is -2.44. The number of halogens is 1. The van der Waals surface area contributed by atoms with E-state index in [0.717, 1.165) is 17.9 Å². The molecule has 2 N–H and O–H groups in total. The molecule has 92 valence electrons. The van der Waals surface area contributed by atoms with E-state index in [9.17, 15) is 4.79 Å². The second-order valence-corrected chi connectivity index (χ2v) is 4.85. The fourth-order valence-electron chi connectivity index (χ4n) is 2.17. The number of amides is 1. The molecule has 3 nitrogen and oxygen atoms in total. The molecule has 0 radical (unpaired) electrons. The lowest BCUT2D eigenvalue weighted by Gasteiger charge is -2.36. The zero-order valence-electron chi connectivity index (χ0n) is 9.87. The Kier molecular flexibility index (Phi) is 4.02. The minimum Gasteiger partial charge on any atom is -0.358 e. The SMILES string of the molecule is CNC(=O)CNC1CC(c2ccccc2Cl)C1. The third-order valence-electron chi connectivity index (χ3n) is 3.31. The predicted octanol–water partition coefficient (Wildman–Crippen LogP) is 1.92. The van der Waals surface area contributed by atoms with Gasteiger partial charge in [-0.05, 0) is 30.4 Å². The minimum absolute atomic E-state index is 0.0335. The van der Waals surface area contributed by atoms with Gasteiger partial charge in [0.15, 0.2) is 0 Å². The number of hydrogen-bond donors (Lipinski definition) is 2. The molecule has 1 aliphatic rings. The summed E-state index contributed by atoms with van der Waals surface area (Å²) in [6, 6.07) is 8.43. The fourth-order valence-corrected chi connectivity index (χ4v) is 2.46. The Balaban J connectivity index is 1.79. The third kappa shape index (κ3) is 2.99.